The number of carbonyl (C=O) groups is 2. The van der Waals surface area contributed by atoms with Gasteiger partial charge in [-0.05, 0) is 53.0 Å². The first kappa shape index (κ1) is 32.1. The summed E-state index contributed by atoms with van der Waals surface area (Å²) in [4.78, 5) is 30.7. The normalized spacial score (nSPS) is 17.8. The number of carboxylic acid groups (broad SMARTS) is 2. The number of hydrogen-bond donors (Lipinski definition) is 3. The molecule has 0 aromatic carbocycles. The average Bonchev–Trinajstić information content (AvgIpc) is 3.51. The van der Waals surface area contributed by atoms with Crippen molar-refractivity contribution in [1.29, 1.82) is 0 Å². The van der Waals surface area contributed by atoms with Gasteiger partial charge >= 0.3 is 24.3 Å². The maximum Gasteiger partial charge on any atom is 0.490 e. The SMILES string of the molecule is Cc1noc(C)c1CN1CCCC12CCN(Cc1nc[nH]c1C)CC2.O=C(O)C(F)(F)F.O=C(O)C(F)(F)F. The maximum absolute atomic E-state index is 10.6. The van der Waals surface area contributed by atoms with Crippen LogP contribution in [0.15, 0.2) is 10.9 Å². The Labute approximate surface area is 220 Å². The van der Waals surface area contributed by atoms with Crippen molar-refractivity contribution < 1.29 is 50.7 Å². The Bertz CT molecular complexity index is 1060. The van der Waals surface area contributed by atoms with E-state index < -0.39 is 24.3 Å². The third-order valence-electron chi connectivity index (χ3n) is 6.85. The molecule has 1 spiro atoms. The van der Waals surface area contributed by atoms with Gasteiger partial charge in [-0.1, -0.05) is 5.16 Å². The first-order chi connectivity index (χ1) is 18.0. The molecule has 2 aliphatic heterocycles. The van der Waals surface area contributed by atoms with Gasteiger partial charge in [0.2, 0.25) is 0 Å². The maximum atomic E-state index is 10.6. The van der Waals surface area contributed by atoms with E-state index in [2.05, 4.69) is 38.8 Å². The lowest BCUT2D eigenvalue weighted by atomic mass is 9.84. The Balaban J connectivity index is 0.000000317. The highest BCUT2D eigenvalue weighted by Crippen LogP contribution is 2.40. The molecule has 220 valence electrons. The molecule has 0 aliphatic carbocycles. The zero-order chi connectivity index (χ0) is 29.6. The summed E-state index contributed by atoms with van der Waals surface area (Å²) >= 11 is 0. The summed E-state index contributed by atoms with van der Waals surface area (Å²) in [5.41, 5.74) is 5.09. The molecule has 4 rings (SSSR count). The van der Waals surface area contributed by atoms with Crippen LogP contribution in [0.1, 0.15) is 54.1 Å². The van der Waals surface area contributed by atoms with Crippen molar-refractivity contribution in [2.24, 2.45) is 0 Å². The number of piperidine rings is 1. The van der Waals surface area contributed by atoms with Crippen molar-refractivity contribution in [3.05, 3.63) is 34.7 Å². The van der Waals surface area contributed by atoms with Crippen LogP contribution in [0, 0.1) is 20.8 Å². The molecule has 16 heteroatoms. The number of aliphatic carboxylic acids is 2. The van der Waals surface area contributed by atoms with Crippen LogP contribution in [0.4, 0.5) is 26.3 Å². The average molecular weight is 572 g/mol. The van der Waals surface area contributed by atoms with Gasteiger partial charge < -0.3 is 19.7 Å². The first-order valence-corrected chi connectivity index (χ1v) is 11.9. The highest BCUT2D eigenvalue weighted by Gasteiger charge is 2.43. The van der Waals surface area contributed by atoms with E-state index in [1.165, 1.54) is 49.2 Å². The molecule has 0 saturated carbocycles. The summed E-state index contributed by atoms with van der Waals surface area (Å²) in [6, 6.07) is 0. The molecule has 3 N–H and O–H groups in total. The van der Waals surface area contributed by atoms with E-state index in [4.69, 9.17) is 24.3 Å². The number of aryl methyl sites for hydroxylation is 3. The van der Waals surface area contributed by atoms with Gasteiger partial charge in [0.05, 0.1) is 17.7 Å². The highest BCUT2D eigenvalue weighted by molar-refractivity contribution is 5.73. The van der Waals surface area contributed by atoms with Crippen molar-refractivity contribution in [2.75, 3.05) is 19.6 Å². The molecule has 0 amide bonds. The minimum atomic E-state index is -5.08. The summed E-state index contributed by atoms with van der Waals surface area (Å²) in [5.74, 6) is -4.54. The number of aromatic nitrogens is 3. The second-order valence-electron chi connectivity index (χ2n) is 9.41. The van der Waals surface area contributed by atoms with E-state index in [0.717, 1.165) is 37.6 Å². The van der Waals surface area contributed by atoms with Gasteiger partial charge in [0, 0.05) is 43.0 Å². The number of alkyl halides is 6. The number of imidazole rings is 1. The zero-order valence-corrected chi connectivity index (χ0v) is 21.6. The molecule has 0 radical (unpaired) electrons. The predicted molar refractivity (Wildman–Crippen MR) is 124 cm³/mol. The summed E-state index contributed by atoms with van der Waals surface area (Å²) < 4.78 is 68.8. The van der Waals surface area contributed by atoms with Crippen LogP contribution < -0.4 is 0 Å². The van der Waals surface area contributed by atoms with Gasteiger partial charge in [-0.15, -0.1) is 0 Å². The van der Waals surface area contributed by atoms with E-state index in [1.54, 1.807) is 6.33 Å². The Morgan fingerprint density at radius 3 is 1.92 bits per heavy atom. The molecular weight excluding hydrogens is 540 g/mol. The van der Waals surface area contributed by atoms with Gasteiger partial charge in [0.1, 0.15) is 5.76 Å². The van der Waals surface area contributed by atoms with Crippen LogP contribution in [-0.4, -0.2) is 84.6 Å². The third kappa shape index (κ3) is 8.95. The van der Waals surface area contributed by atoms with Crippen LogP contribution >= 0.6 is 0 Å². The van der Waals surface area contributed by atoms with E-state index in [1.807, 2.05) is 6.92 Å². The molecule has 0 unspecified atom stereocenters. The molecule has 0 bridgehead atoms. The minimum absolute atomic E-state index is 0.368. The van der Waals surface area contributed by atoms with Gasteiger partial charge in [-0.2, -0.15) is 26.3 Å². The third-order valence-corrected chi connectivity index (χ3v) is 6.85. The number of likely N-dealkylation sites (tertiary alicyclic amines) is 2. The molecule has 2 aromatic heterocycles. The van der Waals surface area contributed by atoms with Crippen LogP contribution in [0.5, 0.6) is 0 Å². The molecule has 0 atom stereocenters. The summed E-state index contributed by atoms with van der Waals surface area (Å²) in [5, 5.41) is 18.4. The van der Waals surface area contributed by atoms with Gasteiger partial charge in [-0.25, -0.2) is 14.6 Å². The quantitative estimate of drug-likeness (QED) is 0.461. The number of aromatic amines is 1. The van der Waals surface area contributed by atoms with Crippen molar-refractivity contribution >= 4 is 11.9 Å². The molecule has 4 heterocycles. The topological polar surface area (TPSA) is 136 Å². The number of carboxylic acids is 2. The number of nitrogens with one attached hydrogen (secondary N) is 1. The Morgan fingerprint density at radius 1 is 0.974 bits per heavy atom. The lowest BCUT2D eigenvalue weighted by Crippen LogP contribution is -2.51. The molecule has 2 fully saturated rings. The van der Waals surface area contributed by atoms with Crippen LogP contribution in [-0.2, 0) is 22.7 Å². The lowest BCUT2D eigenvalue weighted by molar-refractivity contribution is -0.193. The number of rotatable bonds is 4. The summed E-state index contributed by atoms with van der Waals surface area (Å²) in [6.07, 6.45) is -3.23. The zero-order valence-electron chi connectivity index (χ0n) is 21.6. The van der Waals surface area contributed by atoms with Crippen LogP contribution in [0.25, 0.3) is 0 Å². The van der Waals surface area contributed by atoms with E-state index in [0.29, 0.717) is 5.54 Å². The van der Waals surface area contributed by atoms with Crippen molar-refractivity contribution in [3.8, 4) is 0 Å². The van der Waals surface area contributed by atoms with Crippen molar-refractivity contribution in [3.63, 3.8) is 0 Å². The number of halogens is 6. The summed E-state index contributed by atoms with van der Waals surface area (Å²) in [6.45, 7) is 11.7. The predicted octanol–water partition coefficient (Wildman–Crippen LogP) is 4.22. The molecular formula is C23H31F6N5O5. The fourth-order valence-electron chi connectivity index (χ4n) is 4.61. The monoisotopic (exact) mass is 571 g/mol. The summed E-state index contributed by atoms with van der Waals surface area (Å²) in [7, 11) is 0. The van der Waals surface area contributed by atoms with Crippen molar-refractivity contribution in [1.82, 2.24) is 24.9 Å². The fourth-order valence-corrected chi connectivity index (χ4v) is 4.61. The largest absolute Gasteiger partial charge is 0.490 e. The molecule has 2 saturated heterocycles. The number of hydrogen-bond acceptors (Lipinski definition) is 7. The molecule has 39 heavy (non-hydrogen) atoms. The van der Waals surface area contributed by atoms with Crippen LogP contribution in [0.3, 0.4) is 0 Å². The number of H-pyrrole nitrogens is 1. The van der Waals surface area contributed by atoms with E-state index in [9.17, 15) is 26.3 Å². The lowest BCUT2D eigenvalue weighted by Gasteiger charge is -2.45. The van der Waals surface area contributed by atoms with Gasteiger partial charge in [0.25, 0.3) is 0 Å². The van der Waals surface area contributed by atoms with Crippen molar-refractivity contribution in [2.45, 2.75) is 77.4 Å². The Kier molecular flexibility index (Phi) is 10.5. The first-order valence-electron chi connectivity index (χ1n) is 11.9. The van der Waals surface area contributed by atoms with Crippen LogP contribution in [0.2, 0.25) is 0 Å². The Hall–Kier alpha value is -3.14. The standard InChI is InChI=1S/C19H29N5O.2C2HF3O2/c1-14-17(16(3)25-22-14)11-24-8-4-5-19(24)6-9-23(10-7-19)12-18-15(2)20-13-21-18;2*3-2(4,5)1(6)7/h13H,4-12H2,1-3H3,(H,20,21);2*(H,6,7). The molecule has 10 nitrogen and oxygen atoms in total. The second-order valence-corrected chi connectivity index (χ2v) is 9.41. The van der Waals surface area contributed by atoms with E-state index >= 15 is 0 Å². The minimum Gasteiger partial charge on any atom is -0.475 e. The molecule has 2 aromatic rings. The Morgan fingerprint density at radius 2 is 1.51 bits per heavy atom. The van der Waals surface area contributed by atoms with Gasteiger partial charge in [-0.3, -0.25) is 9.80 Å². The van der Waals surface area contributed by atoms with Gasteiger partial charge in [0.15, 0.2) is 0 Å². The smallest absolute Gasteiger partial charge is 0.475 e. The fraction of sp³-hybridized carbons (Fsp3) is 0.652. The number of nitrogens with zero attached hydrogens (tertiary/aromatic N) is 4. The molecule has 2 aliphatic rings. The second kappa shape index (κ2) is 12.8. The van der Waals surface area contributed by atoms with E-state index in [-0.39, 0.29) is 0 Å². The highest BCUT2D eigenvalue weighted by atomic mass is 19.4.